The molecule has 23 heavy (non-hydrogen) atoms. The molecule has 0 saturated carbocycles. The van der Waals surface area contributed by atoms with E-state index in [9.17, 15) is 4.79 Å². The topological polar surface area (TPSA) is 44.8 Å². The summed E-state index contributed by atoms with van der Waals surface area (Å²) in [4.78, 5) is 12.1. The molecule has 4 heteroatoms. The monoisotopic (exact) mass is 312 g/mol. The fourth-order valence-corrected chi connectivity index (χ4v) is 2.37. The number of hydrogen-bond donors (Lipinski definition) is 0. The predicted molar refractivity (Wildman–Crippen MR) is 86.8 cm³/mol. The number of carbonyl (C=O) groups excluding carboxylic acids is 1. The lowest BCUT2D eigenvalue weighted by Crippen LogP contribution is -2.12. The number of ether oxygens (including phenoxy) is 3. The van der Waals surface area contributed by atoms with Gasteiger partial charge in [0.1, 0.15) is 6.61 Å². The summed E-state index contributed by atoms with van der Waals surface area (Å²) in [6, 6.07) is 13.1. The van der Waals surface area contributed by atoms with Gasteiger partial charge in [-0.25, -0.2) is 4.79 Å². The fraction of sp³-hybridized carbons (Fsp3) is 0.316. The van der Waals surface area contributed by atoms with Gasteiger partial charge in [0.15, 0.2) is 11.5 Å². The Morgan fingerprint density at radius 3 is 2.43 bits per heavy atom. The second kappa shape index (κ2) is 5.95. The van der Waals surface area contributed by atoms with Crippen LogP contribution in [0.1, 0.15) is 42.3 Å². The van der Waals surface area contributed by atoms with Crippen LogP contribution in [0.3, 0.4) is 0 Å². The first-order valence-corrected chi connectivity index (χ1v) is 7.60. The van der Waals surface area contributed by atoms with E-state index in [2.05, 4.69) is 20.8 Å². The van der Waals surface area contributed by atoms with Crippen LogP contribution in [-0.4, -0.2) is 12.8 Å². The van der Waals surface area contributed by atoms with Crippen LogP contribution in [0.2, 0.25) is 0 Å². The maximum Gasteiger partial charge on any atom is 0.338 e. The van der Waals surface area contributed by atoms with Gasteiger partial charge in [0.25, 0.3) is 0 Å². The molecule has 2 aromatic carbocycles. The Balaban J connectivity index is 1.63. The molecule has 0 aliphatic carbocycles. The Hall–Kier alpha value is -2.49. The first-order valence-electron chi connectivity index (χ1n) is 7.60. The summed E-state index contributed by atoms with van der Waals surface area (Å²) >= 11 is 0. The molecule has 0 fully saturated rings. The maximum absolute atomic E-state index is 12.1. The Morgan fingerprint density at radius 1 is 1.04 bits per heavy atom. The predicted octanol–water partition coefficient (Wildman–Crippen LogP) is 4.07. The standard InChI is InChI=1S/C19H20O4/c1-19(2,3)15-7-5-14(6-8-15)18(20)21-11-13-4-9-16-17(10-13)23-12-22-16/h4-10H,11-12H2,1-3H3. The van der Waals surface area contributed by atoms with Gasteiger partial charge in [-0.3, -0.25) is 0 Å². The van der Waals surface area contributed by atoms with E-state index in [1.165, 1.54) is 5.56 Å². The van der Waals surface area contributed by atoms with E-state index in [1.54, 1.807) is 0 Å². The summed E-state index contributed by atoms with van der Waals surface area (Å²) in [6.45, 7) is 6.86. The summed E-state index contributed by atoms with van der Waals surface area (Å²) < 4.78 is 15.9. The zero-order valence-corrected chi connectivity index (χ0v) is 13.6. The van der Waals surface area contributed by atoms with Gasteiger partial charge < -0.3 is 14.2 Å². The van der Waals surface area contributed by atoms with Crippen LogP contribution >= 0.6 is 0 Å². The van der Waals surface area contributed by atoms with Gasteiger partial charge >= 0.3 is 5.97 Å². The highest BCUT2D eigenvalue weighted by Gasteiger charge is 2.16. The summed E-state index contributed by atoms with van der Waals surface area (Å²) in [5.74, 6) is 1.08. The second-order valence-electron chi connectivity index (χ2n) is 6.59. The molecule has 0 bridgehead atoms. The van der Waals surface area contributed by atoms with Crippen molar-refractivity contribution < 1.29 is 19.0 Å². The highest BCUT2D eigenvalue weighted by Crippen LogP contribution is 2.32. The van der Waals surface area contributed by atoms with Gasteiger partial charge in [0.05, 0.1) is 5.56 Å². The highest BCUT2D eigenvalue weighted by molar-refractivity contribution is 5.89. The van der Waals surface area contributed by atoms with Crippen LogP contribution in [0.5, 0.6) is 11.5 Å². The largest absolute Gasteiger partial charge is 0.457 e. The highest BCUT2D eigenvalue weighted by atomic mass is 16.7. The van der Waals surface area contributed by atoms with Gasteiger partial charge in [0.2, 0.25) is 6.79 Å². The van der Waals surface area contributed by atoms with Gasteiger partial charge in [-0.05, 0) is 40.8 Å². The zero-order chi connectivity index (χ0) is 16.4. The SMILES string of the molecule is CC(C)(C)c1ccc(C(=O)OCc2ccc3c(c2)OCO3)cc1. The van der Waals surface area contributed by atoms with Crippen LogP contribution < -0.4 is 9.47 Å². The smallest absolute Gasteiger partial charge is 0.338 e. The van der Waals surface area contributed by atoms with Crippen molar-refractivity contribution in [2.75, 3.05) is 6.79 Å². The molecule has 0 spiro atoms. The molecule has 0 N–H and O–H groups in total. The lowest BCUT2D eigenvalue weighted by molar-refractivity contribution is 0.0472. The lowest BCUT2D eigenvalue weighted by Gasteiger charge is -2.18. The van der Waals surface area contributed by atoms with Crippen molar-refractivity contribution in [3.63, 3.8) is 0 Å². The number of esters is 1. The van der Waals surface area contributed by atoms with Crippen molar-refractivity contribution in [1.82, 2.24) is 0 Å². The van der Waals surface area contributed by atoms with Crippen LogP contribution in [0.25, 0.3) is 0 Å². The van der Waals surface area contributed by atoms with E-state index in [1.807, 2.05) is 42.5 Å². The summed E-state index contributed by atoms with van der Waals surface area (Å²) in [7, 11) is 0. The summed E-state index contributed by atoms with van der Waals surface area (Å²) in [5, 5.41) is 0. The quantitative estimate of drug-likeness (QED) is 0.801. The lowest BCUT2D eigenvalue weighted by atomic mass is 9.87. The molecule has 1 aliphatic rings. The molecule has 2 aromatic rings. The van der Waals surface area contributed by atoms with Crippen molar-refractivity contribution in [3.05, 3.63) is 59.2 Å². The number of hydrogen-bond acceptors (Lipinski definition) is 4. The van der Waals surface area contributed by atoms with Gasteiger partial charge in [-0.15, -0.1) is 0 Å². The average Bonchev–Trinajstić information content (AvgIpc) is 2.99. The third-order valence-corrected chi connectivity index (χ3v) is 3.79. The average molecular weight is 312 g/mol. The van der Waals surface area contributed by atoms with E-state index < -0.39 is 0 Å². The first-order chi connectivity index (χ1) is 10.9. The molecule has 0 radical (unpaired) electrons. The van der Waals surface area contributed by atoms with E-state index in [4.69, 9.17) is 14.2 Å². The number of carbonyl (C=O) groups is 1. The Bertz CT molecular complexity index is 711. The molecule has 1 aliphatic heterocycles. The van der Waals surface area contributed by atoms with Gasteiger partial charge in [-0.1, -0.05) is 39.0 Å². The summed E-state index contributed by atoms with van der Waals surface area (Å²) in [5.41, 5.74) is 2.67. The normalized spacial score (nSPS) is 13.0. The fourth-order valence-electron chi connectivity index (χ4n) is 2.37. The third kappa shape index (κ3) is 3.47. The van der Waals surface area contributed by atoms with Gasteiger partial charge in [-0.2, -0.15) is 0 Å². The third-order valence-electron chi connectivity index (χ3n) is 3.79. The van der Waals surface area contributed by atoms with Crippen LogP contribution in [0, 0.1) is 0 Å². The van der Waals surface area contributed by atoms with Crippen molar-refractivity contribution >= 4 is 5.97 Å². The van der Waals surface area contributed by atoms with Crippen molar-refractivity contribution in [1.29, 1.82) is 0 Å². The first kappa shape index (κ1) is 15.4. The molecular formula is C19H20O4. The summed E-state index contributed by atoms with van der Waals surface area (Å²) in [6.07, 6.45) is 0. The van der Waals surface area contributed by atoms with Crippen LogP contribution in [0.15, 0.2) is 42.5 Å². The van der Waals surface area contributed by atoms with Crippen molar-refractivity contribution in [3.8, 4) is 11.5 Å². The Labute approximate surface area is 136 Å². The molecule has 0 aromatic heterocycles. The second-order valence-corrected chi connectivity index (χ2v) is 6.59. The Morgan fingerprint density at radius 2 is 1.74 bits per heavy atom. The molecule has 0 saturated heterocycles. The van der Waals surface area contributed by atoms with E-state index in [0.29, 0.717) is 11.3 Å². The minimum atomic E-state index is -0.330. The molecular weight excluding hydrogens is 292 g/mol. The van der Waals surface area contributed by atoms with Crippen molar-refractivity contribution in [2.24, 2.45) is 0 Å². The molecule has 1 heterocycles. The van der Waals surface area contributed by atoms with E-state index >= 15 is 0 Å². The Kier molecular flexibility index (Phi) is 3.99. The zero-order valence-electron chi connectivity index (χ0n) is 13.6. The molecule has 4 nitrogen and oxygen atoms in total. The molecule has 0 unspecified atom stereocenters. The molecule has 120 valence electrons. The van der Waals surface area contributed by atoms with Crippen LogP contribution in [-0.2, 0) is 16.8 Å². The van der Waals surface area contributed by atoms with Crippen molar-refractivity contribution in [2.45, 2.75) is 32.8 Å². The molecule has 3 rings (SSSR count). The minimum Gasteiger partial charge on any atom is -0.457 e. The minimum absolute atomic E-state index is 0.0644. The number of benzene rings is 2. The van der Waals surface area contributed by atoms with Crippen LogP contribution in [0.4, 0.5) is 0 Å². The number of rotatable bonds is 3. The number of fused-ring (bicyclic) bond motifs is 1. The maximum atomic E-state index is 12.1. The molecule has 0 atom stereocenters. The van der Waals surface area contributed by atoms with Gasteiger partial charge in [0, 0.05) is 0 Å². The molecule has 0 amide bonds. The van der Waals surface area contributed by atoms with E-state index in [-0.39, 0.29) is 24.8 Å². The van der Waals surface area contributed by atoms with E-state index in [0.717, 1.165) is 11.3 Å².